The van der Waals surface area contributed by atoms with E-state index in [9.17, 15) is 9.90 Å². The van der Waals surface area contributed by atoms with Crippen LogP contribution in [0.3, 0.4) is 0 Å². The van der Waals surface area contributed by atoms with Crippen molar-refractivity contribution >= 4 is 6.09 Å². The zero-order chi connectivity index (χ0) is 20.1. The van der Waals surface area contributed by atoms with Crippen LogP contribution in [0.5, 0.6) is 0 Å². The van der Waals surface area contributed by atoms with Crippen LogP contribution in [0.2, 0.25) is 0 Å². The molecule has 0 saturated carbocycles. The van der Waals surface area contributed by atoms with Gasteiger partial charge in [0.15, 0.2) is 0 Å². The van der Waals surface area contributed by atoms with Crippen LogP contribution >= 0.6 is 0 Å². The predicted octanol–water partition coefficient (Wildman–Crippen LogP) is 5.54. The van der Waals surface area contributed by atoms with Crippen LogP contribution in [0, 0.1) is 0 Å². The molecule has 0 aliphatic carbocycles. The third-order valence-electron chi connectivity index (χ3n) is 4.69. The van der Waals surface area contributed by atoms with E-state index >= 15 is 0 Å². The van der Waals surface area contributed by atoms with Crippen LogP contribution in [0.15, 0.2) is 79.1 Å². The van der Waals surface area contributed by atoms with Crippen molar-refractivity contribution in [1.82, 2.24) is 9.88 Å². The fourth-order valence-corrected chi connectivity index (χ4v) is 3.50. The highest BCUT2D eigenvalue weighted by atomic mass is 16.4. The molecule has 144 valence electrons. The standard InChI is InChI=1S/C24H26N2O2/c1-24(2,3)26(23(27)28)22(20-12-8-5-9-13-20)21-15-19(16-25-17-21)14-18-10-6-4-7-11-18/h4-13,15-17,22H,14H2,1-3H3,(H,27,28). The van der Waals surface area contributed by atoms with Gasteiger partial charge in [-0.25, -0.2) is 4.79 Å². The molecule has 0 spiro atoms. The van der Waals surface area contributed by atoms with Gasteiger partial charge < -0.3 is 5.11 Å². The van der Waals surface area contributed by atoms with Gasteiger partial charge in [-0.05, 0) is 55.5 Å². The summed E-state index contributed by atoms with van der Waals surface area (Å²) in [5.74, 6) is 0. The number of aromatic nitrogens is 1. The highest BCUT2D eigenvalue weighted by Gasteiger charge is 2.35. The van der Waals surface area contributed by atoms with E-state index < -0.39 is 17.7 Å². The van der Waals surface area contributed by atoms with Gasteiger partial charge in [0.25, 0.3) is 0 Å². The minimum absolute atomic E-state index is 0.429. The van der Waals surface area contributed by atoms with Gasteiger partial charge in [-0.3, -0.25) is 9.88 Å². The second-order valence-corrected chi connectivity index (χ2v) is 7.93. The molecule has 0 aliphatic rings. The topological polar surface area (TPSA) is 53.4 Å². The van der Waals surface area contributed by atoms with Gasteiger partial charge in [0.05, 0.1) is 6.04 Å². The Labute approximate surface area is 166 Å². The lowest BCUT2D eigenvalue weighted by Crippen LogP contribution is -2.47. The van der Waals surface area contributed by atoms with Crippen molar-refractivity contribution in [2.75, 3.05) is 0 Å². The Hall–Kier alpha value is -3.14. The molecule has 1 atom stereocenters. The largest absolute Gasteiger partial charge is 0.465 e. The first kappa shape index (κ1) is 19.6. The summed E-state index contributed by atoms with van der Waals surface area (Å²) in [5.41, 5.74) is 3.49. The summed E-state index contributed by atoms with van der Waals surface area (Å²) in [6.07, 6.45) is 3.43. The zero-order valence-corrected chi connectivity index (χ0v) is 16.5. The monoisotopic (exact) mass is 374 g/mol. The summed E-state index contributed by atoms with van der Waals surface area (Å²) in [4.78, 5) is 18.2. The first-order valence-electron chi connectivity index (χ1n) is 9.41. The van der Waals surface area contributed by atoms with Crippen molar-refractivity contribution in [3.05, 3.63) is 101 Å². The van der Waals surface area contributed by atoms with E-state index in [1.807, 2.05) is 75.5 Å². The van der Waals surface area contributed by atoms with Crippen LogP contribution in [-0.4, -0.2) is 26.6 Å². The van der Waals surface area contributed by atoms with Crippen molar-refractivity contribution in [2.24, 2.45) is 0 Å². The first-order chi connectivity index (χ1) is 13.4. The smallest absolute Gasteiger partial charge is 0.408 e. The summed E-state index contributed by atoms with van der Waals surface area (Å²) in [5, 5.41) is 10.0. The highest BCUT2D eigenvalue weighted by molar-refractivity contribution is 5.68. The molecule has 3 rings (SSSR count). The maximum absolute atomic E-state index is 12.2. The maximum Gasteiger partial charge on any atom is 0.408 e. The normalized spacial score (nSPS) is 12.4. The van der Waals surface area contributed by atoms with E-state index in [1.54, 1.807) is 6.20 Å². The van der Waals surface area contributed by atoms with Gasteiger partial charge in [0.2, 0.25) is 0 Å². The molecule has 2 aromatic carbocycles. The van der Waals surface area contributed by atoms with Gasteiger partial charge in [-0.1, -0.05) is 60.7 Å². The quantitative estimate of drug-likeness (QED) is 0.638. The van der Waals surface area contributed by atoms with E-state index in [1.165, 1.54) is 10.5 Å². The van der Waals surface area contributed by atoms with Gasteiger partial charge in [-0.2, -0.15) is 0 Å². The van der Waals surface area contributed by atoms with Crippen LogP contribution in [-0.2, 0) is 6.42 Å². The minimum Gasteiger partial charge on any atom is -0.465 e. The van der Waals surface area contributed by atoms with E-state index in [0.29, 0.717) is 0 Å². The lowest BCUT2D eigenvalue weighted by Gasteiger charge is -2.40. The molecule has 0 radical (unpaired) electrons. The molecule has 0 bridgehead atoms. The molecule has 28 heavy (non-hydrogen) atoms. The number of hydrogen-bond donors (Lipinski definition) is 1. The molecule has 0 saturated heterocycles. The summed E-state index contributed by atoms with van der Waals surface area (Å²) in [7, 11) is 0. The molecule has 1 heterocycles. The Morgan fingerprint density at radius 3 is 2.11 bits per heavy atom. The Bertz CT molecular complexity index is 918. The Kier molecular flexibility index (Phi) is 5.78. The fourth-order valence-electron chi connectivity index (χ4n) is 3.50. The average molecular weight is 374 g/mol. The predicted molar refractivity (Wildman–Crippen MR) is 111 cm³/mol. The second kappa shape index (κ2) is 8.26. The molecule has 1 aromatic heterocycles. The molecule has 4 heteroatoms. The van der Waals surface area contributed by atoms with Gasteiger partial charge >= 0.3 is 6.09 Å². The van der Waals surface area contributed by atoms with E-state index in [-0.39, 0.29) is 0 Å². The molecule has 0 aliphatic heterocycles. The number of pyridine rings is 1. The van der Waals surface area contributed by atoms with Crippen molar-refractivity contribution in [1.29, 1.82) is 0 Å². The minimum atomic E-state index is -0.949. The van der Waals surface area contributed by atoms with Crippen molar-refractivity contribution in [3.8, 4) is 0 Å². The van der Waals surface area contributed by atoms with Crippen LogP contribution < -0.4 is 0 Å². The number of nitrogens with zero attached hydrogens (tertiary/aromatic N) is 2. The first-order valence-corrected chi connectivity index (χ1v) is 9.41. The zero-order valence-electron chi connectivity index (χ0n) is 16.5. The summed E-state index contributed by atoms with van der Waals surface area (Å²) >= 11 is 0. The fraction of sp³-hybridized carbons (Fsp3) is 0.250. The Morgan fingerprint density at radius 2 is 1.54 bits per heavy atom. The third-order valence-corrected chi connectivity index (χ3v) is 4.69. The second-order valence-electron chi connectivity index (χ2n) is 7.93. The number of rotatable bonds is 5. The molecule has 1 amide bonds. The number of carbonyl (C=O) groups is 1. The van der Waals surface area contributed by atoms with Gasteiger partial charge in [0, 0.05) is 17.9 Å². The molecule has 0 fully saturated rings. The third kappa shape index (κ3) is 4.58. The SMILES string of the molecule is CC(C)(C)N(C(=O)O)C(c1ccccc1)c1cncc(Cc2ccccc2)c1. The van der Waals surface area contributed by atoms with Gasteiger partial charge in [-0.15, -0.1) is 0 Å². The van der Waals surface area contributed by atoms with Crippen LogP contribution in [0.4, 0.5) is 4.79 Å². The average Bonchev–Trinajstić information content (AvgIpc) is 2.66. The lowest BCUT2D eigenvalue weighted by molar-refractivity contribution is 0.0809. The molecule has 4 nitrogen and oxygen atoms in total. The number of carboxylic acid groups (broad SMARTS) is 1. The highest BCUT2D eigenvalue weighted by Crippen LogP contribution is 2.34. The molecular formula is C24H26N2O2. The van der Waals surface area contributed by atoms with E-state index in [0.717, 1.165) is 23.1 Å². The molecule has 1 N–H and O–H groups in total. The molecular weight excluding hydrogens is 348 g/mol. The number of amides is 1. The van der Waals surface area contributed by atoms with E-state index in [4.69, 9.17) is 0 Å². The van der Waals surface area contributed by atoms with Crippen molar-refractivity contribution < 1.29 is 9.90 Å². The molecule has 3 aromatic rings. The summed E-state index contributed by atoms with van der Waals surface area (Å²) < 4.78 is 0. The maximum atomic E-state index is 12.2. The van der Waals surface area contributed by atoms with Crippen molar-refractivity contribution in [2.45, 2.75) is 38.8 Å². The molecule has 1 unspecified atom stereocenters. The Morgan fingerprint density at radius 1 is 0.929 bits per heavy atom. The van der Waals surface area contributed by atoms with Crippen molar-refractivity contribution in [3.63, 3.8) is 0 Å². The number of benzene rings is 2. The summed E-state index contributed by atoms with van der Waals surface area (Å²) in [6.45, 7) is 5.74. The van der Waals surface area contributed by atoms with E-state index in [2.05, 4.69) is 23.2 Å². The van der Waals surface area contributed by atoms with Crippen LogP contribution in [0.1, 0.15) is 49.1 Å². The number of hydrogen-bond acceptors (Lipinski definition) is 2. The van der Waals surface area contributed by atoms with Crippen LogP contribution in [0.25, 0.3) is 0 Å². The lowest BCUT2D eigenvalue weighted by atomic mass is 9.92. The Balaban J connectivity index is 2.06. The summed E-state index contributed by atoms with van der Waals surface area (Å²) in [6, 6.07) is 21.6. The van der Waals surface area contributed by atoms with Gasteiger partial charge in [0.1, 0.15) is 0 Å².